The van der Waals surface area contributed by atoms with E-state index in [-0.39, 0.29) is 0 Å². The minimum absolute atomic E-state index is 0.340. The van der Waals surface area contributed by atoms with E-state index in [0.29, 0.717) is 5.25 Å². The minimum Gasteiger partial charge on any atom is -0.305 e. The van der Waals surface area contributed by atoms with Crippen LogP contribution < -0.4 is 0 Å². The highest BCUT2D eigenvalue weighted by molar-refractivity contribution is 8.00. The van der Waals surface area contributed by atoms with Gasteiger partial charge in [-0.05, 0) is 54.5 Å². The molecule has 3 heteroatoms. The second-order valence-corrected chi connectivity index (χ2v) is 9.10. The standard InChI is InChI=1S/C23H23NS2/c1-24(2)15-17-8-7-10-19(14-17)26-23-20-11-4-3-9-18(20)16-25-22-13-6-5-12-21(22)23/h3-14,23H,15-16H2,1-2H3. The average Bonchev–Trinajstić information content (AvgIpc) is 2.80. The van der Waals surface area contributed by atoms with E-state index >= 15 is 0 Å². The Kier molecular flexibility index (Phi) is 5.39. The second-order valence-electron chi connectivity index (χ2n) is 6.91. The quantitative estimate of drug-likeness (QED) is 0.530. The number of nitrogens with zero attached hydrogens (tertiary/aromatic N) is 1. The van der Waals surface area contributed by atoms with Crippen LogP contribution >= 0.6 is 23.5 Å². The molecule has 0 bridgehead atoms. The Morgan fingerprint density at radius 3 is 2.54 bits per heavy atom. The number of benzene rings is 3. The fourth-order valence-electron chi connectivity index (χ4n) is 3.42. The average molecular weight is 378 g/mol. The van der Waals surface area contributed by atoms with Gasteiger partial charge in [-0.3, -0.25) is 0 Å². The van der Waals surface area contributed by atoms with E-state index in [9.17, 15) is 0 Å². The fourth-order valence-corrected chi connectivity index (χ4v) is 5.93. The van der Waals surface area contributed by atoms with Crippen molar-refractivity contribution in [3.63, 3.8) is 0 Å². The lowest BCUT2D eigenvalue weighted by molar-refractivity contribution is 0.402. The second kappa shape index (κ2) is 7.91. The minimum atomic E-state index is 0.340. The van der Waals surface area contributed by atoms with E-state index in [1.807, 2.05) is 23.5 Å². The smallest absolute Gasteiger partial charge is 0.0607 e. The van der Waals surface area contributed by atoms with Crippen LogP contribution in [0.15, 0.2) is 82.6 Å². The molecule has 1 atom stereocenters. The Morgan fingerprint density at radius 2 is 1.69 bits per heavy atom. The molecule has 3 aromatic rings. The lowest BCUT2D eigenvalue weighted by Crippen LogP contribution is -2.10. The SMILES string of the molecule is CN(C)Cc1cccc(SC2c3ccccc3CSc3ccccc32)c1. The molecule has 0 spiro atoms. The Hall–Kier alpha value is -1.68. The lowest BCUT2D eigenvalue weighted by atomic mass is 10.0. The summed E-state index contributed by atoms with van der Waals surface area (Å²) in [5.74, 6) is 1.05. The molecule has 1 aliphatic heterocycles. The van der Waals surface area contributed by atoms with Gasteiger partial charge in [-0.2, -0.15) is 0 Å². The fraction of sp³-hybridized carbons (Fsp3) is 0.217. The highest BCUT2D eigenvalue weighted by Crippen LogP contribution is 2.48. The van der Waals surface area contributed by atoms with Crippen molar-refractivity contribution < 1.29 is 0 Å². The number of hydrogen-bond donors (Lipinski definition) is 0. The van der Waals surface area contributed by atoms with Gasteiger partial charge in [0.05, 0.1) is 5.25 Å². The first-order valence-corrected chi connectivity index (χ1v) is 10.8. The van der Waals surface area contributed by atoms with Crippen molar-refractivity contribution >= 4 is 23.5 Å². The molecule has 26 heavy (non-hydrogen) atoms. The van der Waals surface area contributed by atoms with Crippen molar-refractivity contribution in [3.05, 3.63) is 95.1 Å². The van der Waals surface area contributed by atoms with Gasteiger partial charge in [0.1, 0.15) is 0 Å². The van der Waals surface area contributed by atoms with Crippen molar-refractivity contribution in [1.82, 2.24) is 4.90 Å². The molecule has 0 saturated carbocycles. The van der Waals surface area contributed by atoms with Crippen molar-refractivity contribution in [2.24, 2.45) is 0 Å². The monoisotopic (exact) mass is 377 g/mol. The van der Waals surface area contributed by atoms with E-state index in [1.54, 1.807) is 0 Å². The maximum Gasteiger partial charge on any atom is 0.0607 e. The largest absolute Gasteiger partial charge is 0.305 e. The number of rotatable bonds is 4. The molecule has 0 radical (unpaired) electrons. The molecule has 0 aliphatic carbocycles. The van der Waals surface area contributed by atoms with E-state index in [4.69, 9.17) is 0 Å². The molecule has 0 amide bonds. The third-order valence-corrected chi connectivity index (χ3v) is 6.98. The van der Waals surface area contributed by atoms with Gasteiger partial charge in [-0.25, -0.2) is 0 Å². The van der Waals surface area contributed by atoms with Crippen LogP contribution in [0.25, 0.3) is 0 Å². The Bertz CT molecular complexity index is 856. The summed E-state index contributed by atoms with van der Waals surface area (Å²) in [5, 5.41) is 0.340. The Morgan fingerprint density at radius 1 is 0.923 bits per heavy atom. The molecular weight excluding hydrogens is 354 g/mol. The van der Waals surface area contributed by atoms with E-state index in [0.717, 1.165) is 12.3 Å². The topological polar surface area (TPSA) is 3.24 Å². The molecule has 3 aromatic carbocycles. The first-order chi connectivity index (χ1) is 12.7. The van der Waals surface area contributed by atoms with E-state index in [2.05, 4.69) is 91.8 Å². The summed E-state index contributed by atoms with van der Waals surface area (Å²) in [6, 6.07) is 26.8. The van der Waals surface area contributed by atoms with Gasteiger partial charge in [0.25, 0.3) is 0 Å². The van der Waals surface area contributed by atoms with Crippen LogP contribution in [-0.2, 0) is 12.3 Å². The Balaban J connectivity index is 1.74. The molecule has 1 aliphatic rings. The molecular formula is C23H23NS2. The molecule has 0 saturated heterocycles. The van der Waals surface area contributed by atoms with Crippen molar-refractivity contribution in [2.45, 2.75) is 27.3 Å². The molecule has 132 valence electrons. The predicted octanol–water partition coefficient (Wildman–Crippen LogP) is 6.24. The van der Waals surface area contributed by atoms with Crippen molar-refractivity contribution in [2.75, 3.05) is 14.1 Å². The first-order valence-electron chi connectivity index (χ1n) is 8.90. The van der Waals surface area contributed by atoms with E-state index < -0.39 is 0 Å². The summed E-state index contributed by atoms with van der Waals surface area (Å²) in [4.78, 5) is 4.97. The molecule has 0 N–H and O–H groups in total. The predicted molar refractivity (Wildman–Crippen MR) is 114 cm³/mol. The van der Waals surface area contributed by atoms with Crippen LogP contribution in [0.4, 0.5) is 0 Å². The van der Waals surface area contributed by atoms with Crippen molar-refractivity contribution in [1.29, 1.82) is 0 Å². The first kappa shape index (κ1) is 17.7. The highest BCUT2D eigenvalue weighted by atomic mass is 32.2. The molecule has 1 unspecified atom stereocenters. The van der Waals surface area contributed by atoms with Gasteiger partial charge >= 0.3 is 0 Å². The zero-order valence-corrected chi connectivity index (χ0v) is 16.8. The number of hydrogen-bond acceptors (Lipinski definition) is 3. The molecule has 0 fully saturated rings. The summed E-state index contributed by atoms with van der Waals surface area (Å²) in [6.45, 7) is 0.974. The normalized spacial score (nSPS) is 16.0. The molecule has 0 aromatic heterocycles. The number of thioether (sulfide) groups is 2. The van der Waals surface area contributed by atoms with Crippen LogP contribution in [0.5, 0.6) is 0 Å². The van der Waals surface area contributed by atoms with E-state index in [1.165, 1.54) is 32.0 Å². The van der Waals surface area contributed by atoms with Crippen LogP contribution in [-0.4, -0.2) is 19.0 Å². The van der Waals surface area contributed by atoms with Crippen LogP contribution in [0.2, 0.25) is 0 Å². The third kappa shape index (κ3) is 3.85. The Labute approximate surface area is 164 Å². The zero-order chi connectivity index (χ0) is 17.9. The van der Waals surface area contributed by atoms with Crippen LogP contribution in [0.3, 0.4) is 0 Å². The molecule has 1 heterocycles. The summed E-state index contributed by atoms with van der Waals surface area (Å²) in [5.41, 5.74) is 5.71. The number of fused-ring (bicyclic) bond motifs is 2. The maximum absolute atomic E-state index is 2.34. The van der Waals surface area contributed by atoms with Crippen LogP contribution in [0, 0.1) is 0 Å². The van der Waals surface area contributed by atoms with Gasteiger partial charge in [0.15, 0.2) is 0 Å². The van der Waals surface area contributed by atoms with Gasteiger partial charge in [0.2, 0.25) is 0 Å². The van der Waals surface area contributed by atoms with Gasteiger partial charge in [-0.15, -0.1) is 23.5 Å². The summed E-state index contributed by atoms with van der Waals surface area (Å²) < 4.78 is 0. The summed E-state index contributed by atoms with van der Waals surface area (Å²) >= 11 is 3.93. The van der Waals surface area contributed by atoms with Crippen molar-refractivity contribution in [3.8, 4) is 0 Å². The lowest BCUT2D eigenvalue weighted by Gasteiger charge is -2.20. The maximum atomic E-state index is 2.34. The van der Waals surface area contributed by atoms with Gasteiger partial charge in [-0.1, -0.05) is 54.6 Å². The zero-order valence-electron chi connectivity index (χ0n) is 15.2. The molecule has 4 rings (SSSR count). The van der Waals surface area contributed by atoms with Gasteiger partial charge in [0, 0.05) is 22.1 Å². The highest BCUT2D eigenvalue weighted by Gasteiger charge is 2.24. The van der Waals surface area contributed by atoms with Gasteiger partial charge < -0.3 is 4.90 Å². The summed E-state index contributed by atoms with van der Waals surface area (Å²) in [7, 11) is 4.24. The summed E-state index contributed by atoms with van der Waals surface area (Å²) in [6.07, 6.45) is 0. The third-order valence-electron chi connectivity index (χ3n) is 4.57. The molecule has 1 nitrogen and oxygen atoms in total. The van der Waals surface area contributed by atoms with Crippen LogP contribution in [0.1, 0.15) is 27.5 Å².